The van der Waals surface area contributed by atoms with E-state index in [-0.39, 0.29) is 11.7 Å². The maximum Gasteiger partial charge on any atom is 0.229 e. The Morgan fingerprint density at radius 3 is 3.00 bits per heavy atom. The molecule has 0 bridgehead atoms. The van der Waals surface area contributed by atoms with Gasteiger partial charge in [0.05, 0.1) is 12.9 Å². The molecule has 0 aliphatic heterocycles. The molecule has 15 heavy (non-hydrogen) atoms. The molecule has 0 saturated carbocycles. The number of hydrogen-bond acceptors (Lipinski definition) is 3. The monoisotopic (exact) mass is 225 g/mol. The smallest absolute Gasteiger partial charge is 0.229 e. The number of nitrogens with one attached hydrogen (secondary N) is 1. The molecule has 0 fully saturated rings. The molecule has 1 rings (SSSR count). The van der Waals surface area contributed by atoms with Gasteiger partial charge in [0.1, 0.15) is 5.75 Å². The summed E-state index contributed by atoms with van der Waals surface area (Å²) in [6.07, 6.45) is 0.802. The summed E-state index contributed by atoms with van der Waals surface area (Å²) in [5, 5.41) is 2.76. The Morgan fingerprint density at radius 1 is 1.53 bits per heavy atom. The highest BCUT2D eigenvalue weighted by Gasteiger charge is 1.98. The number of thiol groups is 1. The van der Waals surface area contributed by atoms with Gasteiger partial charge in [-0.05, 0) is 24.1 Å². The van der Waals surface area contributed by atoms with Crippen LogP contribution in [0.25, 0.3) is 0 Å². The van der Waals surface area contributed by atoms with E-state index in [0.717, 1.165) is 17.7 Å². The third kappa shape index (κ3) is 4.25. The molecule has 0 aliphatic carbocycles. The van der Waals surface area contributed by atoms with Gasteiger partial charge in [-0.1, -0.05) is 12.1 Å². The molecule has 0 aromatic heterocycles. The standard InChI is InChI=1S/C11H15NO2S/c1-14-10-4-2-3-9(7-10)5-6-12-11(13)8-15/h2-4,7,15H,5-6,8H2,1H3,(H,12,13). The zero-order chi connectivity index (χ0) is 11.1. The number of amides is 1. The average molecular weight is 225 g/mol. The molecule has 0 unspecified atom stereocenters. The number of carbonyl (C=O) groups is 1. The molecular formula is C11H15NO2S. The molecule has 0 radical (unpaired) electrons. The van der Waals surface area contributed by atoms with Crippen LogP contribution in [0, 0.1) is 0 Å². The maximum absolute atomic E-state index is 10.9. The summed E-state index contributed by atoms with van der Waals surface area (Å²) in [5.74, 6) is 1.03. The second kappa shape index (κ2) is 6.35. The Kier molecular flexibility index (Phi) is 5.04. The third-order valence-corrected chi connectivity index (χ3v) is 2.30. The van der Waals surface area contributed by atoms with Crippen LogP contribution in [-0.2, 0) is 11.2 Å². The number of ether oxygens (including phenoxy) is 1. The minimum atomic E-state index is -0.0405. The minimum absolute atomic E-state index is 0.0405. The van der Waals surface area contributed by atoms with E-state index in [0.29, 0.717) is 6.54 Å². The van der Waals surface area contributed by atoms with Crippen LogP contribution in [-0.4, -0.2) is 25.3 Å². The van der Waals surface area contributed by atoms with Crippen molar-refractivity contribution in [2.75, 3.05) is 19.4 Å². The van der Waals surface area contributed by atoms with Gasteiger partial charge in [-0.25, -0.2) is 0 Å². The number of rotatable bonds is 5. The van der Waals surface area contributed by atoms with Crippen molar-refractivity contribution < 1.29 is 9.53 Å². The predicted octanol–water partition coefficient (Wildman–Crippen LogP) is 1.28. The molecular weight excluding hydrogens is 210 g/mol. The first-order chi connectivity index (χ1) is 7.26. The fraction of sp³-hybridized carbons (Fsp3) is 0.364. The zero-order valence-corrected chi connectivity index (χ0v) is 9.59. The first-order valence-corrected chi connectivity index (χ1v) is 5.40. The SMILES string of the molecule is COc1cccc(CCNC(=O)CS)c1. The van der Waals surface area contributed by atoms with Crippen LogP contribution in [0.2, 0.25) is 0 Å². The van der Waals surface area contributed by atoms with Crippen molar-refractivity contribution in [1.29, 1.82) is 0 Å². The maximum atomic E-state index is 10.9. The normalized spacial score (nSPS) is 9.73. The molecule has 1 N–H and O–H groups in total. The predicted molar refractivity (Wildman–Crippen MR) is 63.6 cm³/mol. The number of hydrogen-bond donors (Lipinski definition) is 2. The van der Waals surface area contributed by atoms with Gasteiger partial charge >= 0.3 is 0 Å². The van der Waals surface area contributed by atoms with Crippen LogP contribution in [0.15, 0.2) is 24.3 Å². The lowest BCUT2D eigenvalue weighted by molar-refractivity contribution is -0.118. The van der Waals surface area contributed by atoms with E-state index in [2.05, 4.69) is 17.9 Å². The summed E-state index contributed by atoms with van der Waals surface area (Å²) in [7, 11) is 1.64. The van der Waals surface area contributed by atoms with E-state index in [9.17, 15) is 4.79 Å². The van der Waals surface area contributed by atoms with E-state index >= 15 is 0 Å². The van der Waals surface area contributed by atoms with Crippen molar-refractivity contribution in [2.24, 2.45) is 0 Å². The summed E-state index contributed by atoms with van der Waals surface area (Å²) in [6, 6.07) is 7.81. The molecule has 0 spiro atoms. The second-order valence-corrected chi connectivity index (χ2v) is 3.43. The molecule has 3 nitrogen and oxygen atoms in total. The Morgan fingerprint density at radius 2 is 2.33 bits per heavy atom. The topological polar surface area (TPSA) is 38.3 Å². The highest BCUT2D eigenvalue weighted by molar-refractivity contribution is 7.81. The summed E-state index contributed by atoms with van der Waals surface area (Å²) < 4.78 is 5.10. The van der Waals surface area contributed by atoms with Crippen LogP contribution in [0.3, 0.4) is 0 Å². The third-order valence-electron chi connectivity index (χ3n) is 2.01. The summed E-state index contributed by atoms with van der Waals surface area (Å²) in [5.41, 5.74) is 1.15. The molecule has 0 atom stereocenters. The number of carbonyl (C=O) groups excluding carboxylic acids is 1. The molecule has 4 heteroatoms. The lowest BCUT2D eigenvalue weighted by Crippen LogP contribution is -2.26. The first-order valence-electron chi connectivity index (χ1n) is 4.76. The molecule has 1 aromatic rings. The van der Waals surface area contributed by atoms with Crippen molar-refractivity contribution in [1.82, 2.24) is 5.32 Å². The second-order valence-electron chi connectivity index (χ2n) is 3.11. The molecule has 1 aromatic carbocycles. The first kappa shape index (κ1) is 11.9. The Bertz CT molecular complexity index is 328. The van der Waals surface area contributed by atoms with Gasteiger partial charge < -0.3 is 10.1 Å². The van der Waals surface area contributed by atoms with Crippen LogP contribution >= 0.6 is 12.6 Å². The average Bonchev–Trinajstić information content (AvgIpc) is 2.29. The van der Waals surface area contributed by atoms with Crippen molar-refractivity contribution in [3.8, 4) is 5.75 Å². The van der Waals surface area contributed by atoms with Gasteiger partial charge in [0.15, 0.2) is 0 Å². The number of benzene rings is 1. The van der Waals surface area contributed by atoms with Crippen molar-refractivity contribution in [2.45, 2.75) is 6.42 Å². The Labute approximate surface area is 95.2 Å². The van der Waals surface area contributed by atoms with Gasteiger partial charge in [0, 0.05) is 6.54 Å². The molecule has 82 valence electrons. The summed E-state index contributed by atoms with van der Waals surface area (Å²) in [4.78, 5) is 10.9. The van der Waals surface area contributed by atoms with E-state index in [1.54, 1.807) is 7.11 Å². The highest BCUT2D eigenvalue weighted by atomic mass is 32.1. The van der Waals surface area contributed by atoms with Crippen LogP contribution in [0.5, 0.6) is 5.75 Å². The van der Waals surface area contributed by atoms with Gasteiger partial charge in [-0.2, -0.15) is 12.6 Å². The van der Waals surface area contributed by atoms with Gasteiger partial charge in [-0.3, -0.25) is 4.79 Å². The Balaban J connectivity index is 2.40. The minimum Gasteiger partial charge on any atom is -0.497 e. The van der Waals surface area contributed by atoms with Crippen LogP contribution in [0.1, 0.15) is 5.56 Å². The molecule has 0 saturated heterocycles. The number of methoxy groups -OCH3 is 1. The van der Waals surface area contributed by atoms with E-state index in [1.165, 1.54) is 0 Å². The van der Waals surface area contributed by atoms with Crippen LogP contribution < -0.4 is 10.1 Å². The van der Waals surface area contributed by atoms with Crippen molar-refractivity contribution in [3.63, 3.8) is 0 Å². The van der Waals surface area contributed by atoms with Gasteiger partial charge in [0.25, 0.3) is 0 Å². The zero-order valence-electron chi connectivity index (χ0n) is 8.69. The van der Waals surface area contributed by atoms with Crippen molar-refractivity contribution in [3.05, 3.63) is 29.8 Å². The molecule has 0 aliphatic rings. The lowest BCUT2D eigenvalue weighted by Gasteiger charge is -2.05. The highest BCUT2D eigenvalue weighted by Crippen LogP contribution is 2.12. The fourth-order valence-corrected chi connectivity index (χ4v) is 1.34. The van der Waals surface area contributed by atoms with Crippen molar-refractivity contribution >= 4 is 18.5 Å². The lowest BCUT2D eigenvalue weighted by atomic mass is 10.1. The molecule has 0 heterocycles. The fourth-order valence-electron chi connectivity index (χ4n) is 1.23. The molecule has 1 amide bonds. The largest absolute Gasteiger partial charge is 0.497 e. The van der Waals surface area contributed by atoms with Gasteiger partial charge in [0.2, 0.25) is 5.91 Å². The summed E-state index contributed by atoms with van der Waals surface area (Å²) in [6.45, 7) is 0.632. The summed E-state index contributed by atoms with van der Waals surface area (Å²) >= 11 is 3.88. The Hall–Kier alpha value is -1.16. The quantitative estimate of drug-likeness (QED) is 0.741. The van der Waals surface area contributed by atoms with E-state index < -0.39 is 0 Å². The van der Waals surface area contributed by atoms with E-state index in [1.807, 2.05) is 24.3 Å². The van der Waals surface area contributed by atoms with Gasteiger partial charge in [-0.15, -0.1) is 0 Å². The van der Waals surface area contributed by atoms with Crippen LogP contribution in [0.4, 0.5) is 0 Å². The van der Waals surface area contributed by atoms with E-state index in [4.69, 9.17) is 4.74 Å².